The number of amides is 2. The van der Waals surface area contributed by atoms with Crippen molar-refractivity contribution < 1.29 is 23.9 Å². The highest BCUT2D eigenvalue weighted by molar-refractivity contribution is 5.88. The molecule has 3 atom stereocenters. The first-order chi connectivity index (χ1) is 16.6. The van der Waals surface area contributed by atoms with Crippen LogP contribution < -0.4 is 10.1 Å². The molecule has 0 radical (unpaired) electrons. The number of carbonyl (C=O) groups excluding carboxylic acids is 2. The SMILES string of the molecule is O=C(N[C@@H]1CON(Cc2ccccc2)C1=O)OC1C=CC23C=CN=Cc4cccc(c42)OC3=C1. The number of ether oxygens (including phenoxy) is 2. The molecule has 2 amide bonds. The highest BCUT2D eigenvalue weighted by Crippen LogP contribution is 2.51. The van der Waals surface area contributed by atoms with Crippen LogP contribution in [-0.2, 0) is 26.3 Å². The van der Waals surface area contributed by atoms with Crippen LogP contribution >= 0.6 is 0 Å². The second-order valence-corrected chi connectivity index (χ2v) is 8.40. The van der Waals surface area contributed by atoms with E-state index in [1.54, 1.807) is 12.3 Å². The van der Waals surface area contributed by atoms with Crippen molar-refractivity contribution in [1.29, 1.82) is 0 Å². The Hall–Kier alpha value is -4.17. The predicted molar refractivity (Wildman–Crippen MR) is 123 cm³/mol. The number of nitrogens with one attached hydrogen (secondary N) is 1. The number of alkyl carbamates (subject to hydrolysis) is 1. The highest BCUT2D eigenvalue weighted by atomic mass is 16.7. The van der Waals surface area contributed by atoms with Gasteiger partial charge in [-0.05, 0) is 23.8 Å². The molecule has 3 aliphatic heterocycles. The van der Waals surface area contributed by atoms with E-state index in [1.165, 1.54) is 5.06 Å². The van der Waals surface area contributed by atoms with Gasteiger partial charge in [-0.1, -0.05) is 48.5 Å². The van der Waals surface area contributed by atoms with Crippen LogP contribution in [0.3, 0.4) is 0 Å². The molecule has 1 spiro atoms. The van der Waals surface area contributed by atoms with E-state index in [1.807, 2.05) is 73.0 Å². The molecule has 1 fully saturated rings. The Labute approximate surface area is 195 Å². The smallest absolute Gasteiger partial charge is 0.408 e. The molecule has 4 aliphatic rings. The van der Waals surface area contributed by atoms with Crippen LogP contribution in [0.2, 0.25) is 0 Å². The molecule has 1 N–H and O–H groups in total. The maximum absolute atomic E-state index is 12.6. The summed E-state index contributed by atoms with van der Waals surface area (Å²) in [6.07, 6.45) is 9.72. The molecule has 34 heavy (non-hydrogen) atoms. The molecule has 6 rings (SSSR count). The van der Waals surface area contributed by atoms with E-state index in [0.29, 0.717) is 12.3 Å². The predicted octanol–water partition coefficient (Wildman–Crippen LogP) is 3.15. The fourth-order valence-corrected chi connectivity index (χ4v) is 4.63. The molecule has 2 aromatic carbocycles. The van der Waals surface area contributed by atoms with Gasteiger partial charge in [-0.25, -0.2) is 9.86 Å². The van der Waals surface area contributed by atoms with Gasteiger partial charge >= 0.3 is 6.09 Å². The van der Waals surface area contributed by atoms with Crippen molar-refractivity contribution in [2.75, 3.05) is 6.61 Å². The van der Waals surface area contributed by atoms with Crippen molar-refractivity contribution in [3.63, 3.8) is 0 Å². The molecule has 1 aliphatic carbocycles. The first kappa shape index (κ1) is 20.4. The molecule has 0 bridgehead atoms. The number of nitrogens with zero attached hydrogens (tertiary/aromatic N) is 2. The lowest BCUT2D eigenvalue weighted by Gasteiger charge is -2.27. The van der Waals surface area contributed by atoms with Crippen LogP contribution in [0.25, 0.3) is 0 Å². The Balaban J connectivity index is 1.12. The van der Waals surface area contributed by atoms with Gasteiger partial charge < -0.3 is 14.8 Å². The van der Waals surface area contributed by atoms with Gasteiger partial charge in [0.05, 0.1) is 12.0 Å². The average Bonchev–Trinajstić information content (AvgIpc) is 3.27. The van der Waals surface area contributed by atoms with E-state index in [4.69, 9.17) is 14.3 Å². The lowest BCUT2D eigenvalue weighted by molar-refractivity contribution is -0.164. The highest BCUT2D eigenvalue weighted by Gasteiger charge is 2.46. The van der Waals surface area contributed by atoms with Gasteiger partial charge in [0.2, 0.25) is 0 Å². The summed E-state index contributed by atoms with van der Waals surface area (Å²) in [5, 5.41) is 3.87. The normalized spacial score (nSPS) is 25.8. The number of hydrogen-bond acceptors (Lipinski definition) is 6. The largest absolute Gasteiger partial charge is 0.460 e. The minimum atomic E-state index is -0.806. The van der Waals surface area contributed by atoms with E-state index < -0.39 is 23.7 Å². The third-order valence-corrected chi connectivity index (χ3v) is 6.25. The lowest BCUT2D eigenvalue weighted by atomic mass is 9.75. The zero-order chi connectivity index (χ0) is 23.1. The monoisotopic (exact) mass is 455 g/mol. The van der Waals surface area contributed by atoms with Crippen molar-refractivity contribution in [2.45, 2.75) is 24.1 Å². The summed E-state index contributed by atoms with van der Waals surface area (Å²) >= 11 is 0. The van der Waals surface area contributed by atoms with E-state index in [9.17, 15) is 9.59 Å². The summed E-state index contributed by atoms with van der Waals surface area (Å²) < 4.78 is 11.7. The standard InChI is InChI=1S/C26H21N3O5/c30-24-20(16-32-29(24)15-17-5-2-1-3-6-17)28-25(31)33-19-9-10-26-11-12-27-14-18-7-4-8-21(23(18)26)34-22(26)13-19/h1-14,19-20H,15-16H2,(H,28,31)/t19?,20-,26?/m1/s1. The van der Waals surface area contributed by atoms with Crippen molar-refractivity contribution in [1.82, 2.24) is 10.4 Å². The quantitative estimate of drug-likeness (QED) is 0.716. The van der Waals surface area contributed by atoms with Gasteiger partial charge in [0, 0.05) is 29.6 Å². The number of carbonyl (C=O) groups is 2. The summed E-state index contributed by atoms with van der Waals surface area (Å²) in [4.78, 5) is 35.0. The van der Waals surface area contributed by atoms with Crippen molar-refractivity contribution in [3.05, 3.63) is 101 Å². The van der Waals surface area contributed by atoms with E-state index in [0.717, 1.165) is 22.4 Å². The third kappa shape index (κ3) is 3.39. The summed E-state index contributed by atoms with van der Waals surface area (Å²) in [5.41, 5.74) is 2.36. The lowest BCUT2D eigenvalue weighted by Crippen LogP contribution is -2.43. The summed E-state index contributed by atoms with van der Waals surface area (Å²) in [6.45, 7) is 0.362. The van der Waals surface area contributed by atoms with Crippen LogP contribution in [0, 0.1) is 0 Å². The molecule has 8 heteroatoms. The molecule has 3 heterocycles. The van der Waals surface area contributed by atoms with Gasteiger partial charge in [0.15, 0.2) is 0 Å². The Kier molecular flexibility index (Phi) is 4.81. The number of benzene rings is 2. The van der Waals surface area contributed by atoms with Crippen LogP contribution in [0.15, 0.2) is 89.8 Å². The van der Waals surface area contributed by atoms with Crippen LogP contribution in [0.1, 0.15) is 16.7 Å². The van der Waals surface area contributed by atoms with Crippen LogP contribution in [0.5, 0.6) is 5.75 Å². The summed E-state index contributed by atoms with van der Waals surface area (Å²) in [6, 6.07) is 14.5. The fraction of sp³-hybridized carbons (Fsp3) is 0.192. The Morgan fingerprint density at radius 2 is 2.06 bits per heavy atom. The zero-order valence-corrected chi connectivity index (χ0v) is 18.1. The fourth-order valence-electron chi connectivity index (χ4n) is 4.63. The number of hydrogen-bond donors (Lipinski definition) is 1. The number of rotatable bonds is 4. The number of allylic oxidation sites excluding steroid dienone is 1. The van der Waals surface area contributed by atoms with E-state index in [2.05, 4.69) is 10.3 Å². The molecular weight excluding hydrogens is 434 g/mol. The van der Waals surface area contributed by atoms with Gasteiger partial charge in [-0.3, -0.25) is 14.6 Å². The zero-order valence-electron chi connectivity index (χ0n) is 18.1. The topological polar surface area (TPSA) is 89.5 Å². The molecule has 0 saturated carbocycles. The van der Waals surface area contributed by atoms with E-state index in [-0.39, 0.29) is 12.5 Å². The van der Waals surface area contributed by atoms with Crippen molar-refractivity contribution in [3.8, 4) is 5.75 Å². The first-order valence-corrected chi connectivity index (χ1v) is 11.0. The Bertz CT molecular complexity index is 1280. The summed E-state index contributed by atoms with van der Waals surface area (Å²) in [5.74, 6) is 1.10. The third-order valence-electron chi connectivity index (χ3n) is 6.25. The maximum Gasteiger partial charge on any atom is 0.408 e. The minimum absolute atomic E-state index is 0.0530. The summed E-state index contributed by atoms with van der Waals surface area (Å²) in [7, 11) is 0. The van der Waals surface area contributed by atoms with Crippen molar-refractivity contribution >= 4 is 18.2 Å². The molecule has 8 nitrogen and oxygen atoms in total. The maximum atomic E-state index is 12.6. The average molecular weight is 455 g/mol. The molecule has 1 saturated heterocycles. The van der Waals surface area contributed by atoms with Gasteiger partial charge in [-0.2, -0.15) is 0 Å². The van der Waals surface area contributed by atoms with Crippen molar-refractivity contribution in [2.24, 2.45) is 4.99 Å². The molecule has 0 aromatic heterocycles. The molecular formula is C26H21N3O5. The first-order valence-electron chi connectivity index (χ1n) is 11.0. The van der Waals surface area contributed by atoms with Gasteiger partial charge in [-0.15, -0.1) is 0 Å². The second kappa shape index (κ2) is 8.00. The number of hydroxylamine groups is 2. The molecule has 2 unspecified atom stereocenters. The van der Waals surface area contributed by atoms with Gasteiger partial charge in [0.1, 0.15) is 30.3 Å². The minimum Gasteiger partial charge on any atom is -0.460 e. The van der Waals surface area contributed by atoms with E-state index >= 15 is 0 Å². The van der Waals surface area contributed by atoms with Crippen LogP contribution in [0.4, 0.5) is 4.79 Å². The molecule has 170 valence electrons. The molecule has 2 aromatic rings. The van der Waals surface area contributed by atoms with Crippen LogP contribution in [-0.4, -0.2) is 42.0 Å². The number of aliphatic imine (C=N–C) groups is 1. The Morgan fingerprint density at radius 1 is 1.18 bits per heavy atom. The Morgan fingerprint density at radius 3 is 2.94 bits per heavy atom. The van der Waals surface area contributed by atoms with Gasteiger partial charge in [0.25, 0.3) is 5.91 Å². The second-order valence-electron chi connectivity index (χ2n) is 8.40.